The molecule has 0 heterocycles. The van der Waals surface area contributed by atoms with Gasteiger partial charge in [0.15, 0.2) is 0 Å². The van der Waals surface area contributed by atoms with Gasteiger partial charge >= 0.3 is 23.9 Å². The summed E-state index contributed by atoms with van der Waals surface area (Å²) >= 11 is 0. The molecule has 0 aliphatic rings. The summed E-state index contributed by atoms with van der Waals surface area (Å²) in [7, 11) is 1.33. The number of methoxy groups -OCH3 is 1. The maximum atomic E-state index is 10.7. The van der Waals surface area contributed by atoms with Crippen molar-refractivity contribution < 1.29 is 38.9 Å². The summed E-state index contributed by atoms with van der Waals surface area (Å²) in [6, 6.07) is 0. The van der Waals surface area contributed by atoms with Crippen molar-refractivity contribution in [1.82, 2.24) is 0 Å². The highest BCUT2D eigenvalue weighted by atomic mass is 16.5. The lowest BCUT2D eigenvalue weighted by molar-refractivity contribution is -0.144. The Balaban J connectivity index is -0.000000383. The van der Waals surface area contributed by atoms with Crippen molar-refractivity contribution in [3.8, 4) is 0 Å². The second kappa shape index (κ2) is 19.4. The van der Waals surface area contributed by atoms with Crippen LogP contribution < -0.4 is 0 Å². The molecule has 2 N–H and O–H groups in total. The minimum atomic E-state index is -1.23. The van der Waals surface area contributed by atoms with Crippen LogP contribution in [-0.4, -0.2) is 47.8 Å². The Hall–Kier alpha value is -2.90. The molecule has 0 radical (unpaired) electrons. The Morgan fingerprint density at radius 3 is 1.60 bits per heavy atom. The first-order valence-electron chi connectivity index (χ1n) is 9.58. The standard InChI is InChI=1S/C9H14O4.C8H14O2.C5H8O2/c1-3-4-5-7(9(12)13)6(2)8(10)11;1-4-5-6-10-8(9)7(2)3;1-4(2)5(6)7-3/h7H,2-5H2,1H3,(H,10,11)(H,12,13);2,4-6H2,1,3H3;1H2,2-3H3. The minimum Gasteiger partial charge on any atom is -0.481 e. The van der Waals surface area contributed by atoms with Crippen molar-refractivity contribution in [3.05, 3.63) is 36.5 Å². The normalized spacial score (nSPS) is 10.0. The SMILES string of the molecule is C=C(C(=O)O)C(CCCC)C(=O)O.C=C(C)C(=O)OC.C=C(C)C(=O)OCCCC. The zero-order valence-corrected chi connectivity index (χ0v) is 18.8. The van der Waals surface area contributed by atoms with Gasteiger partial charge in [-0.15, -0.1) is 0 Å². The summed E-state index contributed by atoms with van der Waals surface area (Å²) in [6.07, 6.45) is 3.86. The molecule has 0 saturated heterocycles. The van der Waals surface area contributed by atoms with Crippen LogP contribution in [0, 0.1) is 5.92 Å². The fourth-order valence-electron chi connectivity index (χ4n) is 1.61. The third kappa shape index (κ3) is 18.5. The van der Waals surface area contributed by atoms with Crippen LogP contribution in [-0.2, 0) is 28.7 Å². The molecule has 8 nitrogen and oxygen atoms in total. The van der Waals surface area contributed by atoms with Crippen LogP contribution in [0.3, 0.4) is 0 Å². The number of hydrogen-bond donors (Lipinski definition) is 2. The van der Waals surface area contributed by atoms with E-state index in [0.29, 0.717) is 30.6 Å². The van der Waals surface area contributed by atoms with E-state index < -0.39 is 17.9 Å². The molecule has 8 heteroatoms. The Morgan fingerprint density at radius 2 is 1.33 bits per heavy atom. The summed E-state index contributed by atoms with van der Waals surface area (Å²) in [5, 5.41) is 17.2. The highest BCUT2D eigenvalue weighted by Gasteiger charge is 2.24. The van der Waals surface area contributed by atoms with Gasteiger partial charge in [0.1, 0.15) is 0 Å². The molecule has 0 aromatic rings. The molecule has 0 bridgehead atoms. The van der Waals surface area contributed by atoms with Crippen molar-refractivity contribution in [2.45, 2.75) is 59.8 Å². The summed E-state index contributed by atoms with van der Waals surface area (Å²) in [6.45, 7) is 17.8. The number of hydrogen-bond acceptors (Lipinski definition) is 6. The van der Waals surface area contributed by atoms with Crippen LogP contribution in [0.4, 0.5) is 0 Å². The number of aliphatic carboxylic acids is 2. The number of carboxylic acid groups (broad SMARTS) is 2. The second-order valence-electron chi connectivity index (χ2n) is 6.41. The van der Waals surface area contributed by atoms with E-state index in [1.165, 1.54) is 7.11 Å². The lowest BCUT2D eigenvalue weighted by Gasteiger charge is -2.10. The first kappa shape index (κ1) is 31.8. The molecule has 0 fully saturated rings. The molecule has 0 amide bonds. The Bertz CT molecular complexity index is 604. The highest BCUT2D eigenvalue weighted by molar-refractivity contribution is 5.93. The smallest absolute Gasteiger partial charge is 0.333 e. The van der Waals surface area contributed by atoms with Crippen LogP contribution in [0.15, 0.2) is 36.5 Å². The van der Waals surface area contributed by atoms with Crippen molar-refractivity contribution in [3.63, 3.8) is 0 Å². The van der Waals surface area contributed by atoms with Gasteiger partial charge in [0.25, 0.3) is 0 Å². The van der Waals surface area contributed by atoms with Crippen molar-refractivity contribution in [2.24, 2.45) is 5.92 Å². The maximum absolute atomic E-state index is 10.7. The van der Waals surface area contributed by atoms with E-state index in [1.807, 2.05) is 6.92 Å². The van der Waals surface area contributed by atoms with Gasteiger partial charge in [-0.25, -0.2) is 14.4 Å². The summed E-state index contributed by atoms with van der Waals surface area (Å²) in [5.74, 6) is -3.92. The van der Waals surface area contributed by atoms with Crippen LogP contribution in [0.1, 0.15) is 59.8 Å². The summed E-state index contributed by atoms with van der Waals surface area (Å²) in [5.41, 5.74) is 0.666. The minimum absolute atomic E-state index is 0.235. The average molecular weight is 429 g/mol. The number of carboxylic acids is 2. The van der Waals surface area contributed by atoms with Gasteiger partial charge in [0, 0.05) is 16.7 Å². The quantitative estimate of drug-likeness (QED) is 0.285. The first-order chi connectivity index (χ1) is 13.9. The second-order valence-corrected chi connectivity index (χ2v) is 6.41. The summed E-state index contributed by atoms with van der Waals surface area (Å²) < 4.78 is 9.08. The molecule has 1 atom stereocenters. The van der Waals surface area contributed by atoms with E-state index in [9.17, 15) is 19.2 Å². The fourth-order valence-corrected chi connectivity index (χ4v) is 1.61. The lowest BCUT2D eigenvalue weighted by Crippen LogP contribution is -2.20. The van der Waals surface area contributed by atoms with Gasteiger partial charge in [-0.2, -0.15) is 0 Å². The maximum Gasteiger partial charge on any atom is 0.333 e. The predicted molar refractivity (Wildman–Crippen MR) is 115 cm³/mol. The number of esters is 2. The Morgan fingerprint density at radius 1 is 0.867 bits per heavy atom. The molecule has 0 saturated carbocycles. The Labute approximate surface area is 179 Å². The largest absolute Gasteiger partial charge is 0.481 e. The van der Waals surface area contributed by atoms with E-state index in [2.05, 4.69) is 31.4 Å². The number of carbonyl (C=O) groups is 4. The van der Waals surface area contributed by atoms with Gasteiger partial charge < -0.3 is 19.7 Å². The third-order valence-corrected chi connectivity index (χ3v) is 3.45. The van der Waals surface area contributed by atoms with Crippen LogP contribution >= 0.6 is 0 Å². The van der Waals surface area contributed by atoms with Crippen LogP contribution in [0.5, 0.6) is 0 Å². The molecule has 0 aromatic heterocycles. The number of rotatable bonds is 11. The molecular weight excluding hydrogens is 392 g/mol. The van der Waals surface area contributed by atoms with Crippen molar-refractivity contribution >= 4 is 23.9 Å². The molecule has 0 rings (SSSR count). The van der Waals surface area contributed by atoms with Gasteiger partial charge in [-0.3, -0.25) is 4.79 Å². The van der Waals surface area contributed by atoms with Gasteiger partial charge in [0.05, 0.1) is 19.6 Å². The van der Waals surface area contributed by atoms with E-state index in [4.69, 9.17) is 14.9 Å². The molecule has 0 spiro atoms. The van der Waals surface area contributed by atoms with Gasteiger partial charge in [0.2, 0.25) is 0 Å². The Kier molecular flexibility index (Phi) is 20.6. The van der Waals surface area contributed by atoms with E-state index >= 15 is 0 Å². The van der Waals surface area contributed by atoms with Gasteiger partial charge in [-0.1, -0.05) is 52.8 Å². The summed E-state index contributed by atoms with van der Waals surface area (Å²) in [4.78, 5) is 42.0. The molecule has 30 heavy (non-hydrogen) atoms. The number of unbranched alkanes of at least 4 members (excludes halogenated alkanes) is 2. The lowest BCUT2D eigenvalue weighted by atomic mass is 9.95. The average Bonchev–Trinajstić information content (AvgIpc) is 2.67. The zero-order valence-electron chi connectivity index (χ0n) is 18.8. The highest BCUT2D eigenvalue weighted by Crippen LogP contribution is 2.17. The van der Waals surface area contributed by atoms with Crippen molar-refractivity contribution in [1.29, 1.82) is 0 Å². The topological polar surface area (TPSA) is 127 Å². The van der Waals surface area contributed by atoms with E-state index in [-0.39, 0.29) is 17.5 Å². The first-order valence-corrected chi connectivity index (χ1v) is 9.58. The number of ether oxygens (including phenoxy) is 2. The van der Waals surface area contributed by atoms with E-state index in [1.54, 1.807) is 13.8 Å². The molecule has 172 valence electrons. The molecular formula is C22H36O8. The predicted octanol–water partition coefficient (Wildman–Crippen LogP) is 4.16. The van der Waals surface area contributed by atoms with Crippen LogP contribution in [0.25, 0.3) is 0 Å². The van der Waals surface area contributed by atoms with E-state index in [0.717, 1.165) is 19.3 Å². The van der Waals surface area contributed by atoms with Crippen molar-refractivity contribution in [2.75, 3.05) is 13.7 Å². The zero-order chi connectivity index (χ0) is 24.3. The van der Waals surface area contributed by atoms with Crippen LogP contribution in [0.2, 0.25) is 0 Å². The monoisotopic (exact) mass is 428 g/mol. The molecule has 0 aliphatic carbocycles. The molecule has 1 unspecified atom stereocenters. The number of carbonyl (C=O) groups excluding carboxylic acids is 2. The van der Waals surface area contributed by atoms with Gasteiger partial charge in [-0.05, 0) is 26.7 Å². The molecule has 0 aliphatic heterocycles. The third-order valence-electron chi connectivity index (χ3n) is 3.45. The molecule has 0 aromatic carbocycles. The fraction of sp³-hybridized carbons (Fsp3) is 0.545.